The molecule has 0 aliphatic heterocycles. The normalized spacial score (nSPS) is 9.69. The number of rotatable bonds is 4. The monoisotopic (exact) mass is 175 g/mol. The van der Waals surface area contributed by atoms with Crippen molar-refractivity contribution in [2.45, 2.75) is 26.8 Å². The van der Waals surface area contributed by atoms with Crippen LogP contribution in [0.4, 0.5) is 0 Å². The van der Waals surface area contributed by atoms with Gasteiger partial charge in [0.2, 0.25) is 0 Å². The maximum atomic E-state index is 3.90. The molecule has 1 nitrogen and oxygen atoms in total. The number of hydrogen-bond acceptors (Lipinski definition) is 1. The van der Waals surface area contributed by atoms with Crippen LogP contribution in [-0.4, -0.2) is 0 Å². The summed E-state index contributed by atoms with van der Waals surface area (Å²) in [5.74, 6) is 0. The molecule has 0 aliphatic carbocycles. The molecule has 1 N–H and O–H groups in total. The smallest absolute Gasteiger partial charge is 0.0397 e. The molecule has 0 saturated carbocycles. The van der Waals surface area contributed by atoms with Crippen LogP contribution in [0.25, 0.3) is 0 Å². The molecule has 0 amide bonds. The number of aryl methyl sites for hydroxylation is 1. The third-order valence-corrected chi connectivity index (χ3v) is 2.05. The molecule has 0 radical (unpaired) electrons. The minimum atomic E-state index is 0.883. The molecule has 1 aromatic carbocycles. The Balaban J connectivity index is 2.50. The van der Waals surface area contributed by atoms with E-state index >= 15 is 0 Å². The van der Waals surface area contributed by atoms with E-state index in [9.17, 15) is 0 Å². The van der Waals surface area contributed by atoms with Gasteiger partial charge in [-0.1, -0.05) is 43.3 Å². The van der Waals surface area contributed by atoms with Gasteiger partial charge in [-0.05, 0) is 18.9 Å². The first-order chi connectivity index (χ1) is 6.22. The summed E-state index contributed by atoms with van der Waals surface area (Å²) in [5, 5.41) is 3.28. The highest BCUT2D eigenvalue weighted by Gasteiger charge is 1.93. The van der Waals surface area contributed by atoms with Gasteiger partial charge < -0.3 is 5.32 Å². The molecule has 1 heteroatoms. The molecule has 1 rings (SSSR count). The molecule has 70 valence electrons. The molecule has 0 atom stereocenters. The lowest BCUT2D eigenvalue weighted by Gasteiger charge is -2.07. The largest absolute Gasteiger partial charge is 0.385 e. The van der Waals surface area contributed by atoms with E-state index in [2.05, 4.69) is 50.0 Å². The van der Waals surface area contributed by atoms with Gasteiger partial charge >= 0.3 is 0 Å². The molecular formula is C12H17N. The third kappa shape index (κ3) is 3.32. The molecule has 13 heavy (non-hydrogen) atoms. The molecule has 0 aliphatic rings. The second kappa shape index (κ2) is 4.70. The second-order valence-electron chi connectivity index (χ2n) is 3.30. The molecule has 0 heterocycles. The summed E-state index contributed by atoms with van der Waals surface area (Å²) in [6.07, 6.45) is 0.992. The van der Waals surface area contributed by atoms with Crippen LogP contribution in [0.3, 0.4) is 0 Å². The Morgan fingerprint density at radius 2 is 2.23 bits per heavy atom. The van der Waals surface area contributed by atoms with Crippen molar-refractivity contribution in [2.24, 2.45) is 0 Å². The number of nitrogens with one attached hydrogen (secondary N) is 1. The van der Waals surface area contributed by atoms with Crippen LogP contribution in [0.15, 0.2) is 36.5 Å². The molecular weight excluding hydrogens is 158 g/mol. The first-order valence-electron chi connectivity index (χ1n) is 4.69. The van der Waals surface area contributed by atoms with Gasteiger partial charge in [-0.2, -0.15) is 0 Å². The molecule has 0 unspecified atom stereocenters. The zero-order chi connectivity index (χ0) is 9.68. The van der Waals surface area contributed by atoms with Gasteiger partial charge in [0.1, 0.15) is 0 Å². The molecule has 0 aromatic heterocycles. The predicted molar refractivity (Wildman–Crippen MR) is 57.4 cm³/mol. The standard InChI is InChI=1S/C12H17N/c1-4-11(3)13-9-12-7-5-6-10(2)8-12/h5-8,13H,3-4,9H2,1-2H3. The zero-order valence-corrected chi connectivity index (χ0v) is 8.43. The van der Waals surface area contributed by atoms with Gasteiger partial charge in [-0.25, -0.2) is 0 Å². The van der Waals surface area contributed by atoms with Crippen molar-refractivity contribution in [2.75, 3.05) is 0 Å². The summed E-state index contributed by atoms with van der Waals surface area (Å²) in [4.78, 5) is 0. The fourth-order valence-electron chi connectivity index (χ4n) is 1.17. The van der Waals surface area contributed by atoms with Crippen molar-refractivity contribution in [3.8, 4) is 0 Å². The van der Waals surface area contributed by atoms with Crippen LogP contribution in [0.5, 0.6) is 0 Å². The lowest BCUT2D eigenvalue weighted by atomic mass is 10.1. The first-order valence-corrected chi connectivity index (χ1v) is 4.69. The van der Waals surface area contributed by atoms with Gasteiger partial charge in [0.25, 0.3) is 0 Å². The topological polar surface area (TPSA) is 12.0 Å². The Morgan fingerprint density at radius 3 is 2.85 bits per heavy atom. The van der Waals surface area contributed by atoms with Crippen LogP contribution in [-0.2, 0) is 6.54 Å². The van der Waals surface area contributed by atoms with Crippen molar-refractivity contribution < 1.29 is 0 Å². The zero-order valence-electron chi connectivity index (χ0n) is 8.43. The van der Waals surface area contributed by atoms with E-state index in [4.69, 9.17) is 0 Å². The summed E-state index contributed by atoms with van der Waals surface area (Å²) in [5.41, 5.74) is 3.72. The maximum absolute atomic E-state index is 3.90. The van der Waals surface area contributed by atoms with E-state index in [0.717, 1.165) is 18.7 Å². The van der Waals surface area contributed by atoms with Gasteiger partial charge in [0.05, 0.1) is 0 Å². The quantitative estimate of drug-likeness (QED) is 0.741. The number of benzene rings is 1. The maximum Gasteiger partial charge on any atom is 0.0397 e. The minimum absolute atomic E-state index is 0.883. The third-order valence-electron chi connectivity index (χ3n) is 2.05. The summed E-state index contributed by atoms with van der Waals surface area (Å²) in [6.45, 7) is 8.99. The fraction of sp³-hybridized carbons (Fsp3) is 0.333. The Labute approximate surface area is 80.5 Å². The molecule has 0 bridgehead atoms. The van der Waals surface area contributed by atoms with Crippen molar-refractivity contribution in [1.82, 2.24) is 5.32 Å². The van der Waals surface area contributed by atoms with E-state index in [1.54, 1.807) is 0 Å². The average molecular weight is 175 g/mol. The highest BCUT2D eigenvalue weighted by atomic mass is 14.9. The molecule has 0 spiro atoms. The van der Waals surface area contributed by atoms with Gasteiger partial charge in [0, 0.05) is 12.2 Å². The number of hydrogen-bond donors (Lipinski definition) is 1. The van der Waals surface area contributed by atoms with Gasteiger partial charge in [-0.15, -0.1) is 0 Å². The lowest BCUT2D eigenvalue weighted by Crippen LogP contribution is -2.10. The Bertz CT molecular complexity index is 289. The van der Waals surface area contributed by atoms with E-state index < -0.39 is 0 Å². The molecule has 0 fully saturated rings. The van der Waals surface area contributed by atoms with Crippen LogP contribution >= 0.6 is 0 Å². The highest BCUT2D eigenvalue weighted by molar-refractivity contribution is 5.22. The van der Waals surface area contributed by atoms with Crippen LogP contribution in [0.2, 0.25) is 0 Å². The van der Waals surface area contributed by atoms with E-state index in [0.29, 0.717) is 0 Å². The van der Waals surface area contributed by atoms with Crippen LogP contribution in [0.1, 0.15) is 24.5 Å². The van der Waals surface area contributed by atoms with Gasteiger partial charge in [-0.3, -0.25) is 0 Å². The molecule has 0 saturated heterocycles. The summed E-state index contributed by atoms with van der Waals surface area (Å²) < 4.78 is 0. The van der Waals surface area contributed by atoms with Gasteiger partial charge in [0.15, 0.2) is 0 Å². The van der Waals surface area contributed by atoms with Crippen molar-refractivity contribution >= 4 is 0 Å². The van der Waals surface area contributed by atoms with Crippen molar-refractivity contribution in [3.63, 3.8) is 0 Å². The summed E-state index contributed by atoms with van der Waals surface area (Å²) >= 11 is 0. The first kappa shape index (κ1) is 9.85. The SMILES string of the molecule is C=C(CC)NCc1cccc(C)c1. The van der Waals surface area contributed by atoms with Crippen molar-refractivity contribution in [3.05, 3.63) is 47.7 Å². The predicted octanol–water partition coefficient (Wildman–Crippen LogP) is 3.01. The lowest BCUT2D eigenvalue weighted by molar-refractivity contribution is 0.776. The Hall–Kier alpha value is -1.24. The van der Waals surface area contributed by atoms with Crippen molar-refractivity contribution in [1.29, 1.82) is 0 Å². The van der Waals surface area contributed by atoms with E-state index in [1.807, 2.05) is 0 Å². The summed E-state index contributed by atoms with van der Waals surface area (Å²) in [7, 11) is 0. The number of allylic oxidation sites excluding steroid dienone is 1. The van der Waals surface area contributed by atoms with Crippen LogP contribution < -0.4 is 5.32 Å². The summed E-state index contributed by atoms with van der Waals surface area (Å²) in [6, 6.07) is 8.51. The van der Waals surface area contributed by atoms with E-state index in [-0.39, 0.29) is 0 Å². The molecule has 1 aromatic rings. The average Bonchev–Trinajstić information content (AvgIpc) is 2.14. The highest BCUT2D eigenvalue weighted by Crippen LogP contribution is 2.04. The van der Waals surface area contributed by atoms with Crippen LogP contribution in [0, 0.1) is 6.92 Å². The fourth-order valence-corrected chi connectivity index (χ4v) is 1.17. The Morgan fingerprint density at radius 1 is 1.46 bits per heavy atom. The minimum Gasteiger partial charge on any atom is -0.385 e. The Kier molecular flexibility index (Phi) is 3.56. The van der Waals surface area contributed by atoms with E-state index in [1.165, 1.54) is 11.1 Å². The second-order valence-corrected chi connectivity index (χ2v) is 3.30.